The summed E-state index contributed by atoms with van der Waals surface area (Å²) in [6.07, 6.45) is 15.5. The van der Waals surface area contributed by atoms with Crippen LogP contribution in [0, 0.1) is 23.7 Å². The first-order valence-corrected chi connectivity index (χ1v) is 10.3. The number of hydrogen-bond donors (Lipinski definition) is 2. The van der Waals surface area contributed by atoms with E-state index >= 15 is 0 Å². The molecule has 0 aromatic rings. The SMILES string of the molecule is CC(C)=CCC/C(C)=C/CC(N)CNC1C2CC3CC(C2)CC1C3. The van der Waals surface area contributed by atoms with Crippen LogP contribution in [0.3, 0.4) is 0 Å². The van der Waals surface area contributed by atoms with Crippen molar-refractivity contribution >= 4 is 0 Å². The highest BCUT2D eigenvalue weighted by atomic mass is 15.0. The first kappa shape index (κ1) is 18.2. The lowest BCUT2D eigenvalue weighted by molar-refractivity contribution is -0.0139. The molecule has 0 saturated heterocycles. The van der Waals surface area contributed by atoms with E-state index in [0.29, 0.717) is 0 Å². The molecule has 136 valence electrons. The summed E-state index contributed by atoms with van der Waals surface area (Å²) < 4.78 is 0. The lowest BCUT2D eigenvalue weighted by atomic mass is 9.54. The molecule has 0 spiro atoms. The van der Waals surface area contributed by atoms with Crippen LogP contribution in [0.4, 0.5) is 0 Å². The number of allylic oxidation sites excluding steroid dienone is 3. The van der Waals surface area contributed by atoms with Crippen LogP contribution >= 0.6 is 0 Å². The maximum absolute atomic E-state index is 6.38. The van der Waals surface area contributed by atoms with Crippen LogP contribution in [-0.2, 0) is 0 Å². The predicted molar refractivity (Wildman–Crippen MR) is 104 cm³/mol. The molecule has 0 aromatic carbocycles. The second-order valence-electron chi connectivity index (χ2n) is 9.23. The molecule has 24 heavy (non-hydrogen) atoms. The van der Waals surface area contributed by atoms with Crippen LogP contribution < -0.4 is 11.1 Å². The summed E-state index contributed by atoms with van der Waals surface area (Å²) in [5.74, 6) is 4.03. The number of nitrogens with two attached hydrogens (primary N) is 1. The van der Waals surface area contributed by atoms with Crippen LogP contribution in [0.5, 0.6) is 0 Å². The number of rotatable bonds is 8. The highest BCUT2D eigenvalue weighted by molar-refractivity contribution is 5.04. The second-order valence-corrected chi connectivity index (χ2v) is 9.23. The quantitative estimate of drug-likeness (QED) is 0.627. The van der Waals surface area contributed by atoms with Gasteiger partial charge >= 0.3 is 0 Å². The minimum absolute atomic E-state index is 0.264. The van der Waals surface area contributed by atoms with Gasteiger partial charge in [-0.15, -0.1) is 0 Å². The van der Waals surface area contributed by atoms with Gasteiger partial charge in [-0.05, 0) is 95.8 Å². The molecule has 0 heterocycles. The zero-order valence-corrected chi connectivity index (χ0v) is 16.1. The molecule has 4 bridgehead atoms. The van der Waals surface area contributed by atoms with Crippen molar-refractivity contribution in [2.24, 2.45) is 29.4 Å². The van der Waals surface area contributed by atoms with E-state index in [1.807, 2.05) is 0 Å². The summed E-state index contributed by atoms with van der Waals surface area (Å²) in [4.78, 5) is 0. The van der Waals surface area contributed by atoms with Crippen molar-refractivity contribution in [3.63, 3.8) is 0 Å². The van der Waals surface area contributed by atoms with E-state index in [1.165, 1.54) is 49.7 Å². The summed E-state index contributed by atoms with van der Waals surface area (Å²) in [5, 5.41) is 3.88. The Morgan fingerprint density at radius 3 is 2.21 bits per heavy atom. The fraction of sp³-hybridized carbons (Fsp3) is 0.818. The predicted octanol–water partition coefficient (Wildman–Crippen LogP) is 4.81. The summed E-state index contributed by atoms with van der Waals surface area (Å²) in [5.41, 5.74) is 9.28. The van der Waals surface area contributed by atoms with Gasteiger partial charge in [0.1, 0.15) is 0 Å². The average molecular weight is 331 g/mol. The Morgan fingerprint density at radius 2 is 1.62 bits per heavy atom. The van der Waals surface area contributed by atoms with E-state index in [4.69, 9.17) is 5.73 Å². The maximum atomic E-state index is 6.38. The van der Waals surface area contributed by atoms with Gasteiger partial charge in [-0.25, -0.2) is 0 Å². The molecule has 4 aliphatic rings. The van der Waals surface area contributed by atoms with Crippen molar-refractivity contribution in [2.75, 3.05) is 6.54 Å². The maximum Gasteiger partial charge on any atom is 0.0200 e. The van der Waals surface area contributed by atoms with Gasteiger partial charge in [0.25, 0.3) is 0 Å². The van der Waals surface area contributed by atoms with E-state index in [0.717, 1.165) is 49.1 Å². The normalized spacial score (nSPS) is 36.0. The lowest BCUT2D eigenvalue weighted by Crippen LogP contribution is -2.56. The monoisotopic (exact) mass is 330 g/mol. The molecule has 2 nitrogen and oxygen atoms in total. The molecule has 0 radical (unpaired) electrons. The van der Waals surface area contributed by atoms with E-state index < -0.39 is 0 Å². The Morgan fingerprint density at radius 1 is 1.00 bits per heavy atom. The van der Waals surface area contributed by atoms with E-state index in [9.17, 15) is 0 Å². The molecule has 4 fully saturated rings. The van der Waals surface area contributed by atoms with Gasteiger partial charge in [0.15, 0.2) is 0 Å². The van der Waals surface area contributed by atoms with Crippen LogP contribution in [0.2, 0.25) is 0 Å². The van der Waals surface area contributed by atoms with Gasteiger partial charge < -0.3 is 11.1 Å². The summed E-state index contributed by atoms with van der Waals surface area (Å²) >= 11 is 0. The molecule has 0 aliphatic heterocycles. The molecular weight excluding hydrogens is 292 g/mol. The van der Waals surface area contributed by atoms with E-state index in [1.54, 1.807) is 0 Å². The second kappa shape index (κ2) is 8.19. The van der Waals surface area contributed by atoms with Gasteiger partial charge in [-0.1, -0.05) is 23.3 Å². The number of hydrogen-bond acceptors (Lipinski definition) is 2. The molecular formula is C22H38N2. The minimum Gasteiger partial charge on any atom is -0.326 e. The van der Waals surface area contributed by atoms with Gasteiger partial charge in [0, 0.05) is 18.6 Å². The lowest BCUT2D eigenvalue weighted by Gasteiger charge is -2.54. The van der Waals surface area contributed by atoms with Crippen LogP contribution in [0.25, 0.3) is 0 Å². The van der Waals surface area contributed by atoms with Crippen molar-refractivity contribution in [2.45, 2.75) is 84.2 Å². The standard InChI is InChI=1S/C22H38N2/c1-15(2)5-4-6-16(3)7-8-21(23)14-24-22-19-10-17-9-18(12-19)13-20(22)11-17/h5,7,17-22,24H,4,6,8-14,23H2,1-3H3/b16-7+. The third-order valence-corrected chi connectivity index (χ3v) is 6.70. The highest BCUT2D eigenvalue weighted by Gasteiger charge is 2.47. The molecule has 0 aromatic heterocycles. The van der Waals surface area contributed by atoms with Crippen molar-refractivity contribution in [3.05, 3.63) is 23.3 Å². The van der Waals surface area contributed by atoms with Crippen LogP contribution in [0.15, 0.2) is 23.3 Å². The first-order chi connectivity index (χ1) is 11.5. The molecule has 0 amide bonds. The minimum atomic E-state index is 0.264. The molecule has 4 rings (SSSR count). The molecule has 1 atom stereocenters. The van der Waals surface area contributed by atoms with Crippen molar-refractivity contribution in [1.29, 1.82) is 0 Å². The van der Waals surface area contributed by atoms with Gasteiger partial charge in [-0.3, -0.25) is 0 Å². The van der Waals surface area contributed by atoms with E-state index in [2.05, 4.69) is 38.2 Å². The van der Waals surface area contributed by atoms with Crippen LogP contribution in [0.1, 0.15) is 72.1 Å². The molecule has 3 N–H and O–H groups in total. The summed E-state index contributed by atoms with van der Waals surface area (Å²) in [6, 6.07) is 1.03. The molecule has 4 aliphatic carbocycles. The fourth-order valence-corrected chi connectivity index (χ4v) is 5.67. The zero-order chi connectivity index (χ0) is 17.1. The Bertz CT molecular complexity index is 444. The van der Waals surface area contributed by atoms with Crippen molar-refractivity contribution < 1.29 is 0 Å². The average Bonchev–Trinajstić information content (AvgIpc) is 2.51. The molecule has 4 saturated carbocycles. The van der Waals surface area contributed by atoms with Gasteiger partial charge in [0.05, 0.1) is 0 Å². The Balaban J connectivity index is 1.38. The molecule has 2 heteroatoms. The third kappa shape index (κ3) is 4.73. The fourth-order valence-electron chi connectivity index (χ4n) is 5.67. The van der Waals surface area contributed by atoms with Gasteiger partial charge in [0.2, 0.25) is 0 Å². The Kier molecular flexibility index (Phi) is 6.21. The Labute approximate surface area is 149 Å². The smallest absolute Gasteiger partial charge is 0.0200 e. The molecule has 1 unspecified atom stereocenters. The summed E-state index contributed by atoms with van der Waals surface area (Å²) in [7, 11) is 0. The highest BCUT2D eigenvalue weighted by Crippen LogP contribution is 2.53. The van der Waals surface area contributed by atoms with Gasteiger partial charge in [-0.2, -0.15) is 0 Å². The first-order valence-electron chi connectivity index (χ1n) is 10.3. The summed E-state index contributed by atoms with van der Waals surface area (Å²) in [6.45, 7) is 7.58. The Hall–Kier alpha value is -0.600. The number of nitrogens with one attached hydrogen (secondary N) is 1. The topological polar surface area (TPSA) is 38.0 Å². The van der Waals surface area contributed by atoms with E-state index in [-0.39, 0.29) is 6.04 Å². The third-order valence-electron chi connectivity index (χ3n) is 6.70. The zero-order valence-electron chi connectivity index (χ0n) is 16.1. The van der Waals surface area contributed by atoms with Crippen molar-refractivity contribution in [1.82, 2.24) is 5.32 Å². The van der Waals surface area contributed by atoms with Crippen molar-refractivity contribution in [3.8, 4) is 0 Å². The largest absolute Gasteiger partial charge is 0.326 e. The van der Waals surface area contributed by atoms with Crippen LogP contribution in [-0.4, -0.2) is 18.6 Å².